The molecule has 2 aromatic carbocycles. The van der Waals surface area contributed by atoms with Crippen molar-refractivity contribution in [2.45, 2.75) is 19.4 Å². The van der Waals surface area contributed by atoms with Gasteiger partial charge in [0.2, 0.25) is 5.95 Å². The van der Waals surface area contributed by atoms with E-state index in [0.717, 1.165) is 40.6 Å². The molecule has 8 nitrogen and oxygen atoms in total. The molecule has 0 saturated heterocycles. The number of hydrogen-bond acceptors (Lipinski definition) is 7. The van der Waals surface area contributed by atoms with Crippen molar-refractivity contribution in [1.29, 1.82) is 0 Å². The Morgan fingerprint density at radius 1 is 1.22 bits per heavy atom. The van der Waals surface area contributed by atoms with Crippen molar-refractivity contribution in [3.63, 3.8) is 0 Å². The number of imidazole rings is 1. The van der Waals surface area contributed by atoms with Gasteiger partial charge in [-0.2, -0.15) is 4.98 Å². The van der Waals surface area contributed by atoms with Crippen molar-refractivity contribution in [1.82, 2.24) is 19.5 Å². The molecule has 0 fully saturated rings. The van der Waals surface area contributed by atoms with Gasteiger partial charge in [-0.3, -0.25) is 0 Å². The Balaban J connectivity index is 1.54. The van der Waals surface area contributed by atoms with Crippen LogP contribution < -0.4 is 15.0 Å². The van der Waals surface area contributed by atoms with Crippen LogP contribution in [0.5, 0.6) is 5.75 Å². The van der Waals surface area contributed by atoms with Crippen LogP contribution in [0, 0.1) is 5.82 Å². The smallest absolute Gasteiger partial charge is 0.229 e. The minimum Gasteiger partial charge on any atom is -0.494 e. The lowest BCUT2D eigenvalue weighted by Gasteiger charge is -2.29. The SMILES string of the molecule is CCN(C)c1nc(Nc2ccc(-n3cnc(Cl)c3)c(OC)c2)nc2c1COCC2c1ccc(F)cc1. The van der Waals surface area contributed by atoms with Crippen LogP contribution in [-0.2, 0) is 11.3 Å². The maximum atomic E-state index is 13.6. The number of anilines is 3. The van der Waals surface area contributed by atoms with Crippen molar-refractivity contribution in [2.24, 2.45) is 0 Å². The number of aromatic nitrogens is 4. The zero-order chi connectivity index (χ0) is 25.2. The van der Waals surface area contributed by atoms with Gasteiger partial charge in [0.25, 0.3) is 0 Å². The van der Waals surface area contributed by atoms with Crippen LogP contribution in [0.25, 0.3) is 5.69 Å². The van der Waals surface area contributed by atoms with Gasteiger partial charge in [0.15, 0.2) is 0 Å². The number of rotatable bonds is 7. The van der Waals surface area contributed by atoms with Crippen LogP contribution in [0.2, 0.25) is 5.15 Å². The summed E-state index contributed by atoms with van der Waals surface area (Å²) in [7, 11) is 3.60. The Morgan fingerprint density at radius 2 is 2.03 bits per heavy atom. The van der Waals surface area contributed by atoms with E-state index in [2.05, 4.69) is 22.1 Å². The molecule has 36 heavy (non-hydrogen) atoms. The number of benzene rings is 2. The molecular formula is C26H26ClFN6O2. The number of nitrogens with zero attached hydrogens (tertiary/aromatic N) is 5. The second-order valence-corrected chi connectivity index (χ2v) is 8.87. The van der Waals surface area contributed by atoms with E-state index < -0.39 is 0 Å². The fraction of sp³-hybridized carbons (Fsp3) is 0.269. The summed E-state index contributed by atoms with van der Waals surface area (Å²) in [5.74, 6) is 1.48. The van der Waals surface area contributed by atoms with E-state index in [9.17, 15) is 4.39 Å². The van der Waals surface area contributed by atoms with Crippen LogP contribution in [0.15, 0.2) is 55.0 Å². The molecule has 1 aliphatic rings. The first-order valence-electron chi connectivity index (χ1n) is 11.6. The zero-order valence-electron chi connectivity index (χ0n) is 20.2. The molecular weight excluding hydrogens is 483 g/mol. The van der Waals surface area contributed by atoms with Gasteiger partial charge in [0.1, 0.15) is 28.9 Å². The van der Waals surface area contributed by atoms with Gasteiger partial charge in [-0.25, -0.2) is 14.4 Å². The number of fused-ring (bicyclic) bond motifs is 1. The van der Waals surface area contributed by atoms with Crippen molar-refractivity contribution in [3.05, 3.63) is 82.8 Å². The number of hydrogen-bond donors (Lipinski definition) is 1. The lowest BCUT2D eigenvalue weighted by molar-refractivity contribution is 0.0976. The number of nitrogens with one attached hydrogen (secondary N) is 1. The lowest BCUT2D eigenvalue weighted by Crippen LogP contribution is -2.26. The van der Waals surface area contributed by atoms with E-state index in [1.54, 1.807) is 36.3 Å². The number of ether oxygens (including phenoxy) is 2. The topological polar surface area (TPSA) is 77.3 Å². The monoisotopic (exact) mass is 508 g/mol. The average Bonchev–Trinajstić information content (AvgIpc) is 3.33. The van der Waals surface area contributed by atoms with Gasteiger partial charge < -0.3 is 24.3 Å². The quantitative estimate of drug-likeness (QED) is 0.362. The van der Waals surface area contributed by atoms with E-state index in [4.69, 9.17) is 31.0 Å². The molecule has 1 unspecified atom stereocenters. The Morgan fingerprint density at radius 3 is 2.72 bits per heavy atom. The predicted octanol–water partition coefficient (Wildman–Crippen LogP) is 5.33. The van der Waals surface area contributed by atoms with Gasteiger partial charge >= 0.3 is 0 Å². The minimum absolute atomic E-state index is 0.134. The summed E-state index contributed by atoms with van der Waals surface area (Å²) in [4.78, 5) is 15.9. The van der Waals surface area contributed by atoms with Gasteiger partial charge in [0.05, 0.1) is 37.6 Å². The highest BCUT2D eigenvalue weighted by atomic mass is 35.5. The summed E-state index contributed by atoms with van der Waals surface area (Å²) < 4.78 is 26.9. The second-order valence-electron chi connectivity index (χ2n) is 8.48. The molecule has 0 amide bonds. The van der Waals surface area contributed by atoms with E-state index >= 15 is 0 Å². The predicted molar refractivity (Wildman–Crippen MR) is 137 cm³/mol. The molecule has 3 heterocycles. The Hall–Kier alpha value is -3.69. The molecule has 0 spiro atoms. The van der Waals surface area contributed by atoms with E-state index in [0.29, 0.717) is 30.1 Å². The van der Waals surface area contributed by atoms with E-state index in [-0.39, 0.29) is 11.7 Å². The average molecular weight is 509 g/mol. The second kappa shape index (κ2) is 10.1. The standard InChI is InChI=1S/C26H26ClFN6O2/c1-4-33(2)25-20-14-36-13-19(16-5-7-17(28)8-6-16)24(20)31-26(32-25)30-18-9-10-21(22(11-18)35-3)34-12-23(27)29-15-34/h5-12,15,19H,4,13-14H2,1-3H3,(H,30,31,32). The summed E-state index contributed by atoms with van der Waals surface area (Å²) in [5.41, 5.74) is 4.32. The largest absolute Gasteiger partial charge is 0.494 e. The molecule has 0 saturated carbocycles. The molecule has 0 bridgehead atoms. The molecule has 0 aliphatic carbocycles. The normalized spacial score (nSPS) is 14.9. The highest BCUT2D eigenvalue weighted by Crippen LogP contribution is 2.37. The van der Waals surface area contributed by atoms with Gasteiger partial charge in [0, 0.05) is 37.1 Å². The third kappa shape index (κ3) is 4.72. The zero-order valence-corrected chi connectivity index (χ0v) is 21.0. The highest BCUT2D eigenvalue weighted by Gasteiger charge is 2.29. The first-order valence-corrected chi connectivity index (χ1v) is 11.9. The van der Waals surface area contributed by atoms with Crippen LogP contribution in [-0.4, -0.2) is 46.8 Å². The van der Waals surface area contributed by atoms with Crippen LogP contribution in [0.4, 0.5) is 21.8 Å². The van der Waals surface area contributed by atoms with Crippen LogP contribution in [0.3, 0.4) is 0 Å². The molecule has 5 rings (SSSR count). The minimum atomic E-state index is -0.275. The molecule has 186 valence electrons. The lowest BCUT2D eigenvalue weighted by atomic mass is 9.91. The molecule has 10 heteroatoms. The van der Waals surface area contributed by atoms with Crippen molar-refractivity contribution < 1.29 is 13.9 Å². The summed E-state index contributed by atoms with van der Waals surface area (Å²) >= 11 is 5.99. The van der Waals surface area contributed by atoms with Crippen molar-refractivity contribution >= 4 is 29.1 Å². The highest BCUT2D eigenvalue weighted by molar-refractivity contribution is 6.29. The summed E-state index contributed by atoms with van der Waals surface area (Å²) in [5, 5.41) is 3.73. The first kappa shape index (κ1) is 24.0. The Kier molecular flexibility index (Phi) is 6.75. The van der Waals surface area contributed by atoms with Crippen molar-refractivity contribution in [3.8, 4) is 11.4 Å². The number of halogens is 2. The van der Waals surface area contributed by atoms with Crippen LogP contribution >= 0.6 is 11.6 Å². The van der Waals surface area contributed by atoms with Crippen molar-refractivity contribution in [2.75, 3.05) is 37.5 Å². The summed E-state index contributed by atoms with van der Waals surface area (Å²) in [6, 6.07) is 12.2. The fourth-order valence-electron chi connectivity index (χ4n) is 4.27. The molecule has 4 aromatic rings. The summed E-state index contributed by atoms with van der Waals surface area (Å²) in [6.45, 7) is 3.71. The molecule has 1 atom stereocenters. The molecule has 0 radical (unpaired) electrons. The van der Waals surface area contributed by atoms with Crippen LogP contribution in [0.1, 0.15) is 29.7 Å². The number of methoxy groups -OCH3 is 1. The molecule has 1 N–H and O–H groups in total. The third-order valence-electron chi connectivity index (χ3n) is 6.25. The molecule has 1 aliphatic heterocycles. The fourth-order valence-corrected chi connectivity index (χ4v) is 4.42. The summed E-state index contributed by atoms with van der Waals surface area (Å²) in [6.07, 6.45) is 3.34. The Labute approximate surface area is 213 Å². The molecule has 2 aromatic heterocycles. The van der Waals surface area contributed by atoms with E-state index in [1.807, 2.05) is 25.2 Å². The van der Waals surface area contributed by atoms with Gasteiger partial charge in [-0.1, -0.05) is 23.7 Å². The van der Waals surface area contributed by atoms with E-state index in [1.165, 1.54) is 12.1 Å². The third-order valence-corrected chi connectivity index (χ3v) is 6.45. The Bertz CT molecular complexity index is 1380. The first-order chi connectivity index (χ1) is 17.5. The maximum Gasteiger partial charge on any atom is 0.229 e. The van der Waals surface area contributed by atoms with Gasteiger partial charge in [-0.05, 0) is 36.8 Å². The van der Waals surface area contributed by atoms with Gasteiger partial charge in [-0.15, -0.1) is 0 Å². The maximum absolute atomic E-state index is 13.6.